The van der Waals surface area contributed by atoms with E-state index in [0.717, 1.165) is 22.2 Å². The molecule has 0 aliphatic rings. The van der Waals surface area contributed by atoms with Gasteiger partial charge in [-0.25, -0.2) is 8.42 Å². The van der Waals surface area contributed by atoms with Gasteiger partial charge in [-0.1, -0.05) is 36.0 Å². The van der Waals surface area contributed by atoms with Gasteiger partial charge in [0.25, 0.3) is 5.91 Å². The lowest BCUT2D eigenvalue weighted by Gasteiger charge is -2.09. The maximum Gasteiger partial charge on any atom is 0.263 e. The molecule has 1 aromatic heterocycles. The Bertz CT molecular complexity index is 1240. The molecule has 0 radical (unpaired) electrons. The summed E-state index contributed by atoms with van der Waals surface area (Å²) in [5, 5.41) is 0. The van der Waals surface area contributed by atoms with Crippen molar-refractivity contribution in [2.24, 2.45) is 4.99 Å². The molecule has 9 heteroatoms. The van der Waals surface area contributed by atoms with E-state index in [1.807, 2.05) is 18.4 Å². The number of methoxy groups -OCH3 is 2. The third-order valence-corrected chi connectivity index (χ3v) is 7.26. The van der Waals surface area contributed by atoms with E-state index >= 15 is 0 Å². The molecule has 0 atom stereocenters. The van der Waals surface area contributed by atoms with E-state index in [4.69, 9.17) is 9.47 Å². The molecule has 0 unspecified atom stereocenters. The second-order valence-electron chi connectivity index (χ2n) is 6.76. The van der Waals surface area contributed by atoms with Gasteiger partial charge in [-0.3, -0.25) is 4.79 Å². The molecule has 30 heavy (non-hydrogen) atoms. The first-order chi connectivity index (χ1) is 14.3. The lowest BCUT2D eigenvalue weighted by Crippen LogP contribution is -2.21. The summed E-state index contributed by atoms with van der Waals surface area (Å²) >= 11 is 1.27. The van der Waals surface area contributed by atoms with Crippen molar-refractivity contribution in [1.29, 1.82) is 0 Å². The van der Waals surface area contributed by atoms with Gasteiger partial charge < -0.3 is 14.0 Å². The minimum atomic E-state index is -3.77. The SMILES string of the molecule is CCCn1c(=NC(=O)CS(=O)(=O)c2ccc(C)cc2)sc2c(OC)ccc(OC)c21. The van der Waals surface area contributed by atoms with E-state index in [2.05, 4.69) is 4.99 Å². The highest BCUT2D eigenvalue weighted by atomic mass is 32.2. The van der Waals surface area contributed by atoms with Crippen LogP contribution in [0.15, 0.2) is 46.3 Å². The Kier molecular flexibility index (Phi) is 6.62. The molecule has 0 saturated heterocycles. The van der Waals surface area contributed by atoms with Gasteiger partial charge in [-0.05, 0) is 37.6 Å². The van der Waals surface area contributed by atoms with Crippen molar-refractivity contribution in [3.8, 4) is 11.5 Å². The average molecular weight is 449 g/mol. The fourth-order valence-electron chi connectivity index (χ4n) is 3.10. The number of rotatable bonds is 7. The molecule has 0 aliphatic heterocycles. The molecule has 1 heterocycles. The van der Waals surface area contributed by atoms with Crippen LogP contribution in [-0.4, -0.2) is 38.9 Å². The summed E-state index contributed by atoms with van der Waals surface area (Å²) in [6, 6.07) is 10.0. The van der Waals surface area contributed by atoms with Crippen LogP contribution in [0.5, 0.6) is 11.5 Å². The number of hydrogen-bond acceptors (Lipinski definition) is 6. The maximum atomic E-state index is 12.6. The fourth-order valence-corrected chi connectivity index (χ4v) is 5.39. The predicted octanol–water partition coefficient (Wildman–Crippen LogP) is 3.34. The second kappa shape index (κ2) is 9.01. The smallest absolute Gasteiger partial charge is 0.263 e. The van der Waals surface area contributed by atoms with Gasteiger partial charge in [-0.15, -0.1) is 0 Å². The number of carbonyl (C=O) groups excluding carboxylic acids is 1. The Morgan fingerprint density at radius 3 is 2.30 bits per heavy atom. The summed E-state index contributed by atoms with van der Waals surface area (Å²) in [5.41, 5.74) is 1.72. The summed E-state index contributed by atoms with van der Waals surface area (Å²) in [6.07, 6.45) is 0.801. The third-order valence-electron chi connectivity index (χ3n) is 4.55. The largest absolute Gasteiger partial charge is 0.495 e. The number of carbonyl (C=O) groups is 1. The molecule has 3 rings (SSSR count). The van der Waals surface area contributed by atoms with Crippen molar-refractivity contribution < 1.29 is 22.7 Å². The van der Waals surface area contributed by atoms with E-state index in [9.17, 15) is 13.2 Å². The summed E-state index contributed by atoms with van der Waals surface area (Å²) < 4.78 is 38.8. The van der Waals surface area contributed by atoms with Gasteiger partial charge in [-0.2, -0.15) is 4.99 Å². The number of ether oxygens (including phenoxy) is 2. The third kappa shape index (κ3) is 4.41. The van der Waals surface area contributed by atoms with Crippen LogP contribution >= 0.6 is 11.3 Å². The lowest BCUT2D eigenvalue weighted by molar-refractivity contribution is -0.115. The first kappa shape index (κ1) is 22.0. The van der Waals surface area contributed by atoms with Gasteiger partial charge in [0.2, 0.25) is 0 Å². The molecule has 0 fully saturated rings. The molecule has 7 nitrogen and oxygen atoms in total. The van der Waals surface area contributed by atoms with Gasteiger partial charge in [0.05, 0.1) is 19.1 Å². The van der Waals surface area contributed by atoms with Crippen molar-refractivity contribution in [1.82, 2.24) is 4.57 Å². The molecule has 3 aromatic rings. The number of hydrogen-bond donors (Lipinski definition) is 0. The van der Waals surface area contributed by atoms with Crippen molar-refractivity contribution in [2.45, 2.75) is 31.7 Å². The van der Waals surface area contributed by atoms with Crippen molar-refractivity contribution >= 4 is 37.3 Å². The maximum absolute atomic E-state index is 12.6. The number of fused-ring (bicyclic) bond motifs is 1. The predicted molar refractivity (Wildman–Crippen MR) is 117 cm³/mol. The number of benzene rings is 2. The van der Waals surface area contributed by atoms with Crippen LogP contribution in [-0.2, 0) is 21.2 Å². The molecular weight excluding hydrogens is 424 g/mol. The fraction of sp³-hybridized carbons (Fsp3) is 0.333. The normalized spacial score (nSPS) is 12.3. The van der Waals surface area contributed by atoms with Crippen molar-refractivity contribution in [2.75, 3.05) is 20.0 Å². The van der Waals surface area contributed by atoms with Gasteiger partial charge in [0.15, 0.2) is 14.6 Å². The molecular formula is C21H24N2O5S2. The van der Waals surface area contributed by atoms with E-state index in [0.29, 0.717) is 22.8 Å². The first-order valence-corrected chi connectivity index (χ1v) is 11.9. The monoisotopic (exact) mass is 448 g/mol. The van der Waals surface area contributed by atoms with E-state index in [-0.39, 0.29) is 4.90 Å². The molecule has 1 amide bonds. The second-order valence-corrected chi connectivity index (χ2v) is 9.73. The Hall–Kier alpha value is -2.65. The molecule has 0 aliphatic carbocycles. The minimum Gasteiger partial charge on any atom is -0.495 e. The minimum absolute atomic E-state index is 0.109. The Labute approximate surface area is 179 Å². The molecule has 0 N–H and O–H groups in total. The van der Waals surface area contributed by atoms with E-state index in [1.54, 1.807) is 38.5 Å². The van der Waals surface area contributed by atoms with Crippen LogP contribution in [0.2, 0.25) is 0 Å². The van der Waals surface area contributed by atoms with Crippen LogP contribution in [0.1, 0.15) is 18.9 Å². The zero-order valence-electron chi connectivity index (χ0n) is 17.3. The number of aryl methyl sites for hydroxylation is 2. The Balaban J connectivity index is 2.07. The zero-order valence-corrected chi connectivity index (χ0v) is 19.0. The van der Waals surface area contributed by atoms with Crippen LogP contribution in [0, 0.1) is 6.92 Å². The Morgan fingerprint density at radius 2 is 1.70 bits per heavy atom. The summed E-state index contributed by atoms with van der Waals surface area (Å²) in [5.74, 6) is -0.131. The van der Waals surface area contributed by atoms with Crippen LogP contribution < -0.4 is 14.3 Å². The summed E-state index contributed by atoms with van der Waals surface area (Å²) in [6.45, 7) is 4.48. The number of aromatic nitrogens is 1. The number of amides is 1. The van der Waals surface area contributed by atoms with E-state index in [1.165, 1.54) is 23.5 Å². The van der Waals surface area contributed by atoms with Crippen molar-refractivity contribution in [3.05, 3.63) is 46.8 Å². The van der Waals surface area contributed by atoms with Crippen LogP contribution in [0.25, 0.3) is 10.2 Å². The average Bonchev–Trinajstić information content (AvgIpc) is 3.05. The summed E-state index contributed by atoms with van der Waals surface area (Å²) in [4.78, 5) is 17.3. The molecule has 2 aromatic carbocycles. The number of sulfone groups is 1. The number of thiazole rings is 1. The standard InChI is InChI=1S/C21H24N2O5S2/c1-5-12-23-19-16(27-3)10-11-17(28-4)20(19)29-21(23)22-18(24)13-30(25,26)15-8-6-14(2)7-9-15/h6-11H,5,12-13H2,1-4H3. The highest BCUT2D eigenvalue weighted by molar-refractivity contribution is 7.92. The highest BCUT2D eigenvalue weighted by Gasteiger charge is 2.20. The zero-order chi connectivity index (χ0) is 21.9. The van der Waals surface area contributed by atoms with Crippen LogP contribution in [0.3, 0.4) is 0 Å². The molecule has 0 spiro atoms. The van der Waals surface area contributed by atoms with Crippen LogP contribution in [0.4, 0.5) is 0 Å². The molecule has 160 valence electrons. The Morgan fingerprint density at radius 1 is 1.07 bits per heavy atom. The quantitative estimate of drug-likeness (QED) is 0.553. The summed E-state index contributed by atoms with van der Waals surface area (Å²) in [7, 11) is -0.629. The van der Waals surface area contributed by atoms with Crippen molar-refractivity contribution in [3.63, 3.8) is 0 Å². The highest BCUT2D eigenvalue weighted by Crippen LogP contribution is 2.35. The molecule has 0 bridgehead atoms. The van der Waals surface area contributed by atoms with Gasteiger partial charge in [0.1, 0.15) is 27.5 Å². The first-order valence-electron chi connectivity index (χ1n) is 9.42. The van der Waals surface area contributed by atoms with Gasteiger partial charge >= 0.3 is 0 Å². The van der Waals surface area contributed by atoms with Gasteiger partial charge in [0, 0.05) is 6.54 Å². The number of nitrogens with zero attached hydrogens (tertiary/aromatic N) is 2. The lowest BCUT2D eigenvalue weighted by atomic mass is 10.2. The molecule has 0 saturated carbocycles. The van der Waals surface area contributed by atoms with E-state index < -0.39 is 21.5 Å². The topological polar surface area (TPSA) is 87.0 Å².